The number of nitrogens with one attached hydrogen (secondary N) is 4. The van der Waals surface area contributed by atoms with Crippen LogP contribution in [0.1, 0.15) is 38.3 Å². The Kier molecular flexibility index (Phi) is 8.32. The first kappa shape index (κ1) is 25.4. The highest BCUT2D eigenvalue weighted by Crippen LogP contribution is 2.19. The Hall–Kier alpha value is -3.73. The number of hydrogen-bond acceptors (Lipinski definition) is 6. The van der Waals surface area contributed by atoms with Gasteiger partial charge in [0.2, 0.25) is 0 Å². The van der Waals surface area contributed by atoms with Crippen molar-refractivity contribution in [2.75, 3.05) is 43.5 Å². The fourth-order valence-electron chi connectivity index (χ4n) is 3.82. The Morgan fingerprint density at radius 3 is 2.31 bits per heavy atom. The summed E-state index contributed by atoms with van der Waals surface area (Å²) in [5.74, 6) is -1.28. The Bertz CT molecular complexity index is 1220. The number of halogens is 1. The quantitative estimate of drug-likeness (QED) is 0.369. The standard InChI is InChI=1S/C25H27ClN6O4/c1-16(14-32-10-12-36-13-11-32)29-24(34)21-22(28-15-27-21)25(35)31-18-8-6-17(7-9-18)30-23(33)19-4-2-3-5-20(19)26/h2-9,15-16H,10-14H2,1H3,(H,27,28)(H,29,34)(H,30,33)(H,31,35). The number of rotatable bonds is 8. The molecule has 0 aliphatic carbocycles. The van der Waals surface area contributed by atoms with E-state index in [1.54, 1.807) is 48.5 Å². The van der Waals surface area contributed by atoms with Crippen LogP contribution < -0.4 is 16.0 Å². The van der Waals surface area contributed by atoms with Gasteiger partial charge in [0.05, 0.1) is 30.1 Å². The van der Waals surface area contributed by atoms with Crippen molar-refractivity contribution in [3.63, 3.8) is 0 Å². The predicted molar refractivity (Wildman–Crippen MR) is 137 cm³/mol. The number of carbonyl (C=O) groups excluding carboxylic acids is 3. The van der Waals surface area contributed by atoms with Gasteiger partial charge in [0.15, 0.2) is 5.69 Å². The summed E-state index contributed by atoms with van der Waals surface area (Å²) in [5.41, 5.74) is 1.45. The molecule has 1 aromatic heterocycles. The van der Waals surface area contributed by atoms with Crippen molar-refractivity contribution in [2.24, 2.45) is 0 Å². The van der Waals surface area contributed by atoms with Crippen LogP contribution in [-0.2, 0) is 4.74 Å². The lowest BCUT2D eigenvalue weighted by molar-refractivity contribution is 0.0342. The molecule has 3 aromatic rings. The molecule has 2 heterocycles. The van der Waals surface area contributed by atoms with E-state index in [-0.39, 0.29) is 23.3 Å². The Balaban J connectivity index is 1.33. The van der Waals surface area contributed by atoms with Crippen molar-refractivity contribution >= 4 is 40.7 Å². The summed E-state index contributed by atoms with van der Waals surface area (Å²) in [5, 5.41) is 8.75. The lowest BCUT2D eigenvalue weighted by Crippen LogP contribution is -2.46. The lowest BCUT2D eigenvalue weighted by Gasteiger charge is -2.29. The molecule has 1 aliphatic heterocycles. The number of benzene rings is 2. The molecule has 1 atom stereocenters. The Morgan fingerprint density at radius 1 is 1.00 bits per heavy atom. The Morgan fingerprint density at radius 2 is 1.64 bits per heavy atom. The maximum atomic E-state index is 12.8. The highest BCUT2D eigenvalue weighted by Gasteiger charge is 2.23. The molecular weight excluding hydrogens is 484 g/mol. The van der Waals surface area contributed by atoms with Gasteiger partial charge in [0.25, 0.3) is 17.7 Å². The Labute approximate surface area is 213 Å². The molecule has 0 spiro atoms. The van der Waals surface area contributed by atoms with Crippen molar-refractivity contribution < 1.29 is 19.1 Å². The first-order chi connectivity index (χ1) is 17.4. The molecule has 0 radical (unpaired) electrons. The second-order valence-corrected chi connectivity index (χ2v) is 8.79. The highest BCUT2D eigenvalue weighted by molar-refractivity contribution is 6.34. The van der Waals surface area contributed by atoms with Gasteiger partial charge in [-0.25, -0.2) is 4.98 Å². The molecule has 1 saturated heterocycles. The molecule has 0 bridgehead atoms. The number of carbonyl (C=O) groups is 3. The van der Waals surface area contributed by atoms with Crippen LogP contribution >= 0.6 is 11.6 Å². The first-order valence-electron chi connectivity index (χ1n) is 11.5. The number of imidazole rings is 1. The minimum absolute atomic E-state index is 0.0119. The third-order valence-electron chi connectivity index (χ3n) is 5.61. The van der Waals surface area contributed by atoms with Crippen molar-refractivity contribution in [2.45, 2.75) is 13.0 Å². The smallest absolute Gasteiger partial charge is 0.276 e. The number of H-pyrrole nitrogens is 1. The second kappa shape index (κ2) is 11.8. The van der Waals surface area contributed by atoms with E-state index in [9.17, 15) is 14.4 Å². The van der Waals surface area contributed by atoms with Gasteiger partial charge in [-0.1, -0.05) is 23.7 Å². The lowest BCUT2D eigenvalue weighted by atomic mass is 10.2. The van der Waals surface area contributed by atoms with E-state index in [2.05, 4.69) is 30.8 Å². The third kappa shape index (κ3) is 6.48. The molecule has 1 aliphatic rings. The van der Waals surface area contributed by atoms with Gasteiger partial charge >= 0.3 is 0 Å². The molecule has 2 aromatic carbocycles. The average molecular weight is 511 g/mol. The summed E-state index contributed by atoms with van der Waals surface area (Å²) < 4.78 is 5.35. The molecule has 10 nitrogen and oxygen atoms in total. The number of anilines is 2. The molecule has 3 amide bonds. The van der Waals surface area contributed by atoms with E-state index in [1.165, 1.54) is 6.33 Å². The average Bonchev–Trinajstić information content (AvgIpc) is 3.36. The van der Waals surface area contributed by atoms with Gasteiger partial charge in [0, 0.05) is 37.1 Å². The van der Waals surface area contributed by atoms with Crippen LogP contribution in [0.4, 0.5) is 11.4 Å². The molecular formula is C25H27ClN6O4. The van der Waals surface area contributed by atoms with Crippen LogP contribution in [0, 0.1) is 0 Å². The molecule has 11 heteroatoms. The predicted octanol–water partition coefficient (Wildman–Crippen LogP) is 3.02. The number of nitrogens with zero attached hydrogens (tertiary/aromatic N) is 2. The van der Waals surface area contributed by atoms with E-state index < -0.39 is 11.8 Å². The van der Waals surface area contributed by atoms with Crippen molar-refractivity contribution in [1.29, 1.82) is 0 Å². The van der Waals surface area contributed by atoms with E-state index >= 15 is 0 Å². The number of aromatic nitrogens is 2. The number of aromatic amines is 1. The minimum atomic E-state index is -0.532. The van der Waals surface area contributed by atoms with Crippen LogP contribution in [0.5, 0.6) is 0 Å². The SMILES string of the molecule is CC(CN1CCOCC1)NC(=O)c1[nH]cnc1C(=O)Nc1ccc(NC(=O)c2ccccc2Cl)cc1. The van der Waals surface area contributed by atoms with E-state index in [1.807, 2.05) is 6.92 Å². The summed E-state index contributed by atoms with van der Waals surface area (Å²) in [6.07, 6.45) is 1.31. The van der Waals surface area contributed by atoms with Crippen LogP contribution in [0.15, 0.2) is 54.9 Å². The normalized spacial score (nSPS) is 14.6. The summed E-state index contributed by atoms with van der Waals surface area (Å²) in [6, 6.07) is 13.2. The van der Waals surface area contributed by atoms with Crippen molar-refractivity contribution in [3.05, 3.63) is 76.8 Å². The summed E-state index contributed by atoms with van der Waals surface area (Å²) in [6.45, 7) is 5.60. The number of hydrogen-bond donors (Lipinski definition) is 4. The van der Waals surface area contributed by atoms with Crippen LogP contribution in [0.2, 0.25) is 5.02 Å². The summed E-state index contributed by atoms with van der Waals surface area (Å²) >= 11 is 6.07. The minimum Gasteiger partial charge on any atom is -0.379 e. The zero-order valence-corrected chi connectivity index (χ0v) is 20.5. The highest BCUT2D eigenvalue weighted by atomic mass is 35.5. The van der Waals surface area contributed by atoms with Gasteiger partial charge in [0.1, 0.15) is 5.69 Å². The zero-order chi connectivity index (χ0) is 25.5. The fraction of sp³-hybridized carbons (Fsp3) is 0.280. The second-order valence-electron chi connectivity index (χ2n) is 8.38. The number of ether oxygens (including phenoxy) is 1. The number of morpholine rings is 1. The molecule has 188 valence electrons. The molecule has 1 fully saturated rings. The van der Waals surface area contributed by atoms with Gasteiger partial charge in [-0.2, -0.15) is 0 Å². The molecule has 4 N–H and O–H groups in total. The van der Waals surface area contributed by atoms with Crippen LogP contribution in [0.25, 0.3) is 0 Å². The van der Waals surface area contributed by atoms with Crippen molar-refractivity contribution in [1.82, 2.24) is 20.2 Å². The molecule has 4 rings (SSSR count). The molecule has 0 saturated carbocycles. The third-order valence-corrected chi connectivity index (χ3v) is 5.94. The summed E-state index contributed by atoms with van der Waals surface area (Å²) in [4.78, 5) is 47.0. The van der Waals surface area contributed by atoms with Gasteiger partial charge < -0.3 is 25.7 Å². The first-order valence-corrected chi connectivity index (χ1v) is 11.9. The summed E-state index contributed by atoms with van der Waals surface area (Å²) in [7, 11) is 0. The number of amides is 3. The maximum absolute atomic E-state index is 12.8. The van der Waals surface area contributed by atoms with Crippen LogP contribution in [0.3, 0.4) is 0 Å². The van der Waals surface area contributed by atoms with Crippen molar-refractivity contribution in [3.8, 4) is 0 Å². The van der Waals surface area contributed by atoms with Gasteiger partial charge in [-0.05, 0) is 43.3 Å². The zero-order valence-electron chi connectivity index (χ0n) is 19.7. The largest absolute Gasteiger partial charge is 0.379 e. The van der Waals surface area contributed by atoms with Gasteiger partial charge in [-0.3, -0.25) is 19.3 Å². The van der Waals surface area contributed by atoms with Crippen LogP contribution in [-0.4, -0.2) is 71.5 Å². The van der Waals surface area contributed by atoms with Gasteiger partial charge in [-0.15, -0.1) is 0 Å². The van der Waals surface area contributed by atoms with E-state index in [0.29, 0.717) is 41.7 Å². The van der Waals surface area contributed by atoms with E-state index in [0.717, 1.165) is 13.1 Å². The maximum Gasteiger partial charge on any atom is 0.276 e. The molecule has 1 unspecified atom stereocenters. The monoisotopic (exact) mass is 510 g/mol. The van der Waals surface area contributed by atoms with E-state index in [4.69, 9.17) is 16.3 Å². The molecule has 36 heavy (non-hydrogen) atoms. The fourth-order valence-corrected chi connectivity index (χ4v) is 4.04. The topological polar surface area (TPSA) is 128 Å².